The van der Waals surface area contributed by atoms with E-state index >= 15 is 0 Å². The maximum absolute atomic E-state index is 14.1. The summed E-state index contributed by atoms with van der Waals surface area (Å²) in [4.78, 5) is 28.9. The molecule has 1 fully saturated rings. The Morgan fingerprint density at radius 2 is 1.69 bits per heavy atom. The molecule has 0 heterocycles. The number of methoxy groups -OCH3 is 1. The van der Waals surface area contributed by atoms with Crippen LogP contribution in [0.3, 0.4) is 0 Å². The molecule has 1 aliphatic carbocycles. The number of nitrogens with one attached hydrogen (secondary N) is 1. The summed E-state index contributed by atoms with van der Waals surface area (Å²) in [7, 11) is -2.74. The molecule has 0 aromatic heterocycles. The van der Waals surface area contributed by atoms with Crippen molar-refractivity contribution in [2.75, 3.05) is 18.0 Å². The third kappa shape index (κ3) is 7.65. The van der Waals surface area contributed by atoms with Crippen molar-refractivity contribution in [1.29, 1.82) is 0 Å². The minimum atomic E-state index is -4.20. The summed E-state index contributed by atoms with van der Waals surface area (Å²) >= 11 is 9.81. The summed E-state index contributed by atoms with van der Waals surface area (Å²) in [6, 6.07) is 17.6. The SMILES string of the molecule is COc1ccc(N(CC(=O)N(Cc2ccc(Br)cc2)[C@@H](C)C(=O)NC2CCCC2)S(=O)(=O)c2ccc(C)cc2)cc1Cl. The van der Waals surface area contributed by atoms with Gasteiger partial charge in [0.05, 0.1) is 22.7 Å². The first-order chi connectivity index (χ1) is 20.0. The van der Waals surface area contributed by atoms with E-state index in [1.807, 2.05) is 31.2 Å². The lowest BCUT2D eigenvalue weighted by atomic mass is 10.1. The fraction of sp³-hybridized carbons (Fsp3) is 0.355. The fourth-order valence-corrected chi connectivity index (χ4v) is 6.86. The number of anilines is 1. The van der Waals surface area contributed by atoms with Crippen LogP contribution in [0.4, 0.5) is 5.69 Å². The van der Waals surface area contributed by atoms with Crippen molar-refractivity contribution in [2.24, 2.45) is 0 Å². The highest BCUT2D eigenvalue weighted by Crippen LogP contribution is 2.32. The molecule has 2 amide bonds. The van der Waals surface area contributed by atoms with Crippen molar-refractivity contribution < 1.29 is 22.7 Å². The Morgan fingerprint density at radius 3 is 2.29 bits per heavy atom. The van der Waals surface area contributed by atoms with Gasteiger partial charge < -0.3 is 15.0 Å². The van der Waals surface area contributed by atoms with Crippen LogP contribution in [0, 0.1) is 6.92 Å². The van der Waals surface area contributed by atoms with Crippen LogP contribution in [0.5, 0.6) is 5.75 Å². The summed E-state index contributed by atoms with van der Waals surface area (Å²) < 4.78 is 35.1. The second kappa shape index (κ2) is 13.9. The molecule has 0 aliphatic heterocycles. The van der Waals surface area contributed by atoms with Crippen molar-refractivity contribution in [2.45, 2.75) is 63.1 Å². The molecule has 11 heteroatoms. The lowest BCUT2D eigenvalue weighted by Gasteiger charge is -2.32. The molecule has 1 aliphatic rings. The van der Waals surface area contributed by atoms with Crippen LogP contribution in [-0.4, -0.2) is 50.9 Å². The molecule has 1 saturated carbocycles. The third-order valence-electron chi connectivity index (χ3n) is 7.45. The number of rotatable bonds is 11. The smallest absolute Gasteiger partial charge is 0.264 e. The Labute approximate surface area is 261 Å². The molecule has 0 saturated heterocycles. The Balaban J connectivity index is 1.71. The second-order valence-electron chi connectivity index (χ2n) is 10.5. The zero-order valence-corrected chi connectivity index (χ0v) is 27.0. The number of aryl methyl sites for hydroxylation is 1. The molecule has 42 heavy (non-hydrogen) atoms. The molecule has 0 bridgehead atoms. The van der Waals surface area contributed by atoms with Crippen LogP contribution in [0.2, 0.25) is 5.02 Å². The van der Waals surface area contributed by atoms with Crippen molar-refractivity contribution >= 4 is 55.1 Å². The molecule has 0 radical (unpaired) electrons. The first-order valence-electron chi connectivity index (χ1n) is 13.8. The first kappa shape index (κ1) is 31.8. The standard InChI is InChI=1S/C31H35BrClN3O5S/c1-21-8-15-27(16-9-21)42(39,40)36(26-14-17-29(41-3)28(33)18-26)20-30(37)35(19-23-10-12-24(32)13-11-23)22(2)31(38)34-25-6-4-5-7-25/h8-18,22,25H,4-7,19-20H2,1-3H3,(H,34,38)/t22-/m0/s1. The van der Waals surface area contributed by atoms with E-state index in [0.717, 1.165) is 45.6 Å². The zero-order valence-electron chi connectivity index (χ0n) is 23.8. The van der Waals surface area contributed by atoms with Gasteiger partial charge in [-0.1, -0.05) is 70.2 Å². The molecule has 1 N–H and O–H groups in total. The lowest BCUT2D eigenvalue weighted by Crippen LogP contribution is -2.52. The van der Waals surface area contributed by atoms with Crippen LogP contribution in [-0.2, 0) is 26.2 Å². The van der Waals surface area contributed by atoms with Gasteiger partial charge in [0.25, 0.3) is 10.0 Å². The van der Waals surface area contributed by atoms with Crippen LogP contribution < -0.4 is 14.4 Å². The predicted octanol–water partition coefficient (Wildman–Crippen LogP) is 6.09. The van der Waals surface area contributed by atoms with Gasteiger partial charge in [-0.05, 0) is 74.7 Å². The molecule has 0 unspecified atom stereocenters. The van der Waals surface area contributed by atoms with E-state index in [2.05, 4.69) is 21.2 Å². The van der Waals surface area contributed by atoms with Gasteiger partial charge >= 0.3 is 0 Å². The van der Waals surface area contributed by atoms with E-state index in [-0.39, 0.29) is 34.1 Å². The van der Waals surface area contributed by atoms with E-state index in [1.165, 1.54) is 30.2 Å². The minimum absolute atomic E-state index is 0.0272. The zero-order chi connectivity index (χ0) is 30.4. The van der Waals surface area contributed by atoms with Gasteiger partial charge in [0.15, 0.2) is 0 Å². The molecule has 1 atom stereocenters. The average molecular weight is 677 g/mol. The van der Waals surface area contributed by atoms with Crippen LogP contribution >= 0.6 is 27.5 Å². The molecule has 3 aromatic rings. The molecule has 3 aromatic carbocycles. The summed E-state index contributed by atoms with van der Waals surface area (Å²) in [6.07, 6.45) is 3.91. The molecular weight excluding hydrogens is 642 g/mol. The molecule has 224 valence electrons. The van der Waals surface area contributed by atoms with Crippen LogP contribution in [0.1, 0.15) is 43.7 Å². The van der Waals surface area contributed by atoms with Crippen LogP contribution in [0.15, 0.2) is 76.1 Å². The third-order valence-corrected chi connectivity index (χ3v) is 10.1. The van der Waals surface area contributed by atoms with E-state index in [1.54, 1.807) is 31.2 Å². The highest BCUT2D eigenvalue weighted by Gasteiger charge is 2.33. The Bertz CT molecular complexity index is 1510. The number of benzene rings is 3. The molecule has 4 rings (SSSR count). The van der Waals surface area contributed by atoms with E-state index in [9.17, 15) is 18.0 Å². The number of amides is 2. The molecule has 8 nitrogen and oxygen atoms in total. The van der Waals surface area contributed by atoms with Gasteiger partial charge in [0.1, 0.15) is 18.3 Å². The fourth-order valence-electron chi connectivity index (χ4n) is 4.94. The number of halogens is 2. The van der Waals surface area contributed by atoms with E-state index in [0.29, 0.717) is 5.75 Å². The second-order valence-corrected chi connectivity index (χ2v) is 13.6. The monoisotopic (exact) mass is 675 g/mol. The Kier molecular flexibility index (Phi) is 10.6. The number of hydrogen-bond donors (Lipinski definition) is 1. The quantitative estimate of drug-likeness (QED) is 0.265. The van der Waals surface area contributed by atoms with Gasteiger partial charge in [0.2, 0.25) is 11.8 Å². The molecule has 0 spiro atoms. The average Bonchev–Trinajstić information content (AvgIpc) is 3.48. The highest BCUT2D eigenvalue weighted by molar-refractivity contribution is 9.10. The van der Waals surface area contributed by atoms with E-state index < -0.39 is 28.5 Å². The topological polar surface area (TPSA) is 96.0 Å². The summed E-state index contributed by atoms with van der Waals surface area (Å²) in [5, 5.41) is 3.27. The number of carbonyl (C=O) groups is 2. The van der Waals surface area contributed by atoms with Gasteiger partial charge in [-0.2, -0.15) is 0 Å². The van der Waals surface area contributed by atoms with Crippen molar-refractivity contribution in [3.63, 3.8) is 0 Å². The number of sulfonamides is 1. The van der Waals surface area contributed by atoms with E-state index in [4.69, 9.17) is 16.3 Å². The molecular formula is C31H35BrClN3O5S. The van der Waals surface area contributed by atoms with Crippen molar-refractivity contribution in [3.05, 3.63) is 87.4 Å². The van der Waals surface area contributed by atoms with Gasteiger partial charge in [-0.3, -0.25) is 13.9 Å². The lowest BCUT2D eigenvalue weighted by molar-refractivity contribution is -0.139. The van der Waals surface area contributed by atoms with Gasteiger partial charge in [0, 0.05) is 17.1 Å². The largest absolute Gasteiger partial charge is 0.495 e. The maximum Gasteiger partial charge on any atom is 0.264 e. The number of hydrogen-bond acceptors (Lipinski definition) is 5. The number of carbonyl (C=O) groups excluding carboxylic acids is 2. The Morgan fingerprint density at radius 1 is 1.05 bits per heavy atom. The Hall–Kier alpha value is -3.08. The summed E-state index contributed by atoms with van der Waals surface area (Å²) in [6.45, 7) is 3.10. The maximum atomic E-state index is 14.1. The summed E-state index contributed by atoms with van der Waals surface area (Å²) in [5.74, 6) is -0.434. The van der Waals surface area contributed by atoms with Crippen molar-refractivity contribution in [1.82, 2.24) is 10.2 Å². The first-order valence-corrected chi connectivity index (χ1v) is 16.4. The van der Waals surface area contributed by atoms with Crippen molar-refractivity contribution in [3.8, 4) is 5.75 Å². The van der Waals surface area contributed by atoms with Crippen LogP contribution in [0.25, 0.3) is 0 Å². The number of nitrogens with zero attached hydrogens (tertiary/aromatic N) is 2. The summed E-state index contributed by atoms with van der Waals surface area (Å²) in [5.41, 5.74) is 1.89. The van der Waals surface area contributed by atoms with Gasteiger partial charge in [-0.25, -0.2) is 8.42 Å². The number of ether oxygens (including phenoxy) is 1. The highest BCUT2D eigenvalue weighted by atomic mass is 79.9. The minimum Gasteiger partial charge on any atom is -0.495 e. The normalized spacial score (nSPS) is 14.3. The van der Waals surface area contributed by atoms with Gasteiger partial charge in [-0.15, -0.1) is 0 Å². The predicted molar refractivity (Wildman–Crippen MR) is 168 cm³/mol.